The Morgan fingerprint density at radius 3 is 3.04 bits per heavy atom. The van der Waals surface area contributed by atoms with Gasteiger partial charge in [0.1, 0.15) is 5.75 Å². The van der Waals surface area contributed by atoms with E-state index in [2.05, 4.69) is 0 Å². The Balaban J connectivity index is 2.64. The number of carbonyl (C=O) groups is 1. The average Bonchev–Trinajstić information content (AvgIpc) is 2.83. The van der Waals surface area contributed by atoms with Crippen molar-refractivity contribution < 1.29 is 34.4 Å². The summed E-state index contributed by atoms with van der Waals surface area (Å²) in [7, 11) is -2.79. The molecule has 25 heavy (non-hydrogen) atoms. The number of hydrogen-bond donors (Lipinski definition) is 2. The topological polar surface area (TPSA) is 102 Å². The maximum atomic E-state index is 13.0. The lowest BCUT2D eigenvalue weighted by Crippen LogP contribution is -2.40. The van der Waals surface area contributed by atoms with Crippen LogP contribution in [0, 0.1) is 0 Å². The zero-order valence-corrected chi connectivity index (χ0v) is 14.5. The van der Waals surface area contributed by atoms with Gasteiger partial charge in [0.05, 0.1) is 29.0 Å². The van der Waals surface area contributed by atoms with Crippen molar-refractivity contribution in [2.24, 2.45) is 0 Å². The monoisotopic (exact) mass is 381 g/mol. The first-order valence-corrected chi connectivity index (χ1v) is 8.82. The number of benzene rings is 1. The molecule has 1 saturated heterocycles. The Labute approximate surface area is 166 Å². The van der Waals surface area contributed by atoms with E-state index in [1.807, 2.05) is 5.32 Å². The van der Waals surface area contributed by atoms with Crippen LogP contribution in [0.3, 0.4) is 0 Å². The van der Waals surface area contributed by atoms with Crippen LogP contribution in [0.15, 0.2) is 17.0 Å². The fraction of sp³-hybridized carbons (Fsp3) is 0.588. The number of carbonyl (C=O) groups excluding carboxylic acids is 1. The standard InChI is InChI=1S/C17H27N3O4S/c1-4-20-8-6-7-12(20)11-19-17(21)13-9-16(25(22,23)5-2)14(18)10-15(13)24-3/h9-10,12H,4-8,11,18H2,1-3H3,(H,19,21)/i1D3,4D2,6D2,7D2,8D2,12D. The quantitative estimate of drug-likeness (QED) is 0.690. The molecular formula is C17H27N3O4S. The lowest BCUT2D eigenvalue weighted by atomic mass is 10.1. The van der Waals surface area contributed by atoms with Crippen LogP contribution in [0.1, 0.15) is 53.3 Å². The van der Waals surface area contributed by atoms with E-state index in [1.165, 1.54) is 6.92 Å². The highest BCUT2D eigenvalue weighted by Gasteiger charge is 2.25. The van der Waals surface area contributed by atoms with Gasteiger partial charge in [-0.3, -0.25) is 9.69 Å². The van der Waals surface area contributed by atoms with Crippen LogP contribution in [-0.2, 0) is 9.84 Å². The van der Waals surface area contributed by atoms with E-state index >= 15 is 0 Å². The lowest BCUT2D eigenvalue weighted by molar-refractivity contribution is 0.0938. The number of likely N-dealkylation sites (tertiary alicyclic amines) is 1. The number of rotatable bonds is 7. The number of nitrogens with zero attached hydrogens (tertiary/aromatic N) is 1. The molecule has 0 aromatic heterocycles. The van der Waals surface area contributed by atoms with Gasteiger partial charge in [0.2, 0.25) is 0 Å². The predicted octanol–water partition coefficient (Wildman–Crippen LogP) is 1.29. The minimum Gasteiger partial charge on any atom is -0.496 e. The molecule has 1 aliphatic heterocycles. The van der Waals surface area contributed by atoms with Gasteiger partial charge in [0.15, 0.2) is 9.84 Å². The van der Waals surface area contributed by atoms with Crippen LogP contribution in [0.5, 0.6) is 5.75 Å². The summed E-state index contributed by atoms with van der Waals surface area (Å²) in [5.74, 6) is -1.78. The highest BCUT2D eigenvalue weighted by atomic mass is 32.2. The van der Waals surface area contributed by atoms with Gasteiger partial charge in [-0.2, -0.15) is 0 Å². The number of ether oxygens (including phenoxy) is 1. The van der Waals surface area contributed by atoms with Crippen molar-refractivity contribution in [1.82, 2.24) is 10.2 Å². The summed E-state index contributed by atoms with van der Waals surface area (Å²) in [4.78, 5) is 12.3. The summed E-state index contributed by atoms with van der Waals surface area (Å²) < 4.78 is 126. The van der Waals surface area contributed by atoms with E-state index in [0.717, 1.165) is 19.2 Å². The van der Waals surface area contributed by atoms with Crippen LogP contribution in [-0.4, -0.2) is 57.6 Å². The molecule has 2 rings (SSSR count). The third-order valence-corrected chi connectivity index (χ3v) is 5.25. The fourth-order valence-corrected chi connectivity index (χ4v) is 3.13. The number of anilines is 1. The molecule has 1 aromatic rings. The molecular weight excluding hydrogens is 342 g/mol. The van der Waals surface area contributed by atoms with E-state index in [1.54, 1.807) is 0 Å². The SMILES string of the molecule is [2H]C([2H])([2H])C([2H])([2H])N1C([2H])([2H])C([2H])([2H])C([2H])([2H])C1([2H])CNC(=O)c1cc(S(=O)(=O)CC)c(N)cc1OC. The molecule has 1 aromatic carbocycles. The molecule has 1 fully saturated rings. The van der Waals surface area contributed by atoms with Crippen LogP contribution in [0.2, 0.25) is 0 Å². The minimum absolute atomic E-state index is 0.223. The first kappa shape index (κ1) is 8.73. The molecule has 0 radical (unpaired) electrons. The van der Waals surface area contributed by atoms with Crippen LogP contribution < -0.4 is 15.8 Å². The molecule has 1 heterocycles. The van der Waals surface area contributed by atoms with Crippen molar-refractivity contribution in [2.45, 2.75) is 37.4 Å². The number of amides is 1. The summed E-state index contributed by atoms with van der Waals surface area (Å²) in [6, 6.07) is -1.42. The highest BCUT2D eigenvalue weighted by molar-refractivity contribution is 7.91. The average molecular weight is 382 g/mol. The Kier molecular flexibility index (Phi) is 2.81. The normalized spacial score (nSPS) is 35.4. The number of sulfone groups is 1. The number of hydrogen-bond acceptors (Lipinski definition) is 6. The minimum atomic E-state index is -3.92. The van der Waals surface area contributed by atoms with E-state index in [0.29, 0.717) is 0 Å². The maximum absolute atomic E-state index is 13.0. The zero-order chi connectivity index (χ0) is 29.2. The number of methoxy groups -OCH3 is 1. The van der Waals surface area contributed by atoms with Crippen molar-refractivity contribution in [1.29, 1.82) is 0 Å². The molecule has 1 aliphatic rings. The summed E-state index contributed by atoms with van der Waals surface area (Å²) >= 11 is 0. The van der Waals surface area contributed by atoms with Gasteiger partial charge in [-0.1, -0.05) is 13.8 Å². The molecule has 0 saturated carbocycles. The molecule has 0 bridgehead atoms. The highest BCUT2D eigenvalue weighted by Crippen LogP contribution is 2.29. The van der Waals surface area contributed by atoms with Crippen LogP contribution >= 0.6 is 0 Å². The first-order valence-electron chi connectivity index (χ1n) is 13.2. The summed E-state index contributed by atoms with van der Waals surface area (Å²) in [5.41, 5.74) is 5.09. The lowest BCUT2D eigenvalue weighted by Gasteiger charge is -2.23. The summed E-state index contributed by atoms with van der Waals surface area (Å²) in [6.07, 6.45) is -7.19. The number of likely N-dealkylation sites (N-methyl/N-ethyl adjacent to an activating group) is 1. The molecule has 0 aliphatic carbocycles. The zero-order valence-electron chi connectivity index (χ0n) is 25.6. The Morgan fingerprint density at radius 2 is 2.40 bits per heavy atom. The van der Waals surface area contributed by atoms with Gasteiger partial charge in [-0.15, -0.1) is 0 Å². The second-order valence-electron chi connectivity index (χ2n) is 4.93. The molecule has 3 N–H and O–H groups in total. The van der Waals surface area contributed by atoms with Gasteiger partial charge in [0.25, 0.3) is 5.91 Å². The summed E-state index contributed by atoms with van der Waals surface area (Å²) in [6.45, 7) is -11.1. The molecule has 8 heteroatoms. The Hall–Kier alpha value is -1.80. The Morgan fingerprint density at radius 1 is 1.64 bits per heavy atom. The first-order chi connectivity index (χ1) is 16.4. The molecule has 140 valence electrons. The molecule has 1 unspecified atom stereocenters. The number of nitrogens with one attached hydrogen (secondary N) is 1. The van der Waals surface area contributed by atoms with Crippen LogP contribution in [0.25, 0.3) is 0 Å². The van der Waals surface area contributed by atoms with E-state index in [9.17, 15) is 13.2 Å². The van der Waals surface area contributed by atoms with E-state index < -0.39 is 71.4 Å². The molecule has 0 spiro atoms. The van der Waals surface area contributed by atoms with Crippen molar-refractivity contribution in [3.8, 4) is 5.75 Å². The third-order valence-electron chi connectivity index (χ3n) is 3.46. The van der Waals surface area contributed by atoms with Crippen LogP contribution in [0.4, 0.5) is 5.69 Å². The second kappa shape index (κ2) is 8.05. The predicted molar refractivity (Wildman–Crippen MR) is 97.7 cm³/mol. The Bertz CT molecular complexity index is 1190. The third kappa shape index (κ3) is 4.24. The number of nitrogens with two attached hydrogens (primary N) is 1. The fourth-order valence-electron chi connectivity index (χ4n) is 2.10. The van der Waals surface area contributed by atoms with Gasteiger partial charge >= 0.3 is 0 Å². The molecule has 1 amide bonds. The smallest absolute Gasteiger partial charge is 0.255 e. The van der Waals surface area contributed by atoms with Gasteiger partial charge in [0, 0.05) is 35.1 Å². The van der Waals surface area contributed by atoms with Crippen molar-refractivity contribution in [3.05, 3.63) is 17.7 Å². The van der Waals surface area contributed by atoms with Gasteiger partial charge in [-0.25, -0.2) is 8.42 Å². The molecule has 1 atom stereocenters. The molecule has 7 nitrogen and oxygen atoms in total. The second-order valence-corrected chi connectivity index (χ2v) is 7.18. The van der Waals surface area contributed by atoms with Crippen molar-refractivity contribution >= 4 is 21.4 Å². The number of nitrogen functional groups attached to an aromatic ring is 1. The van der Waals surface area contributed by atoms with E-state index in [4.69, 9.17) is 26.9 Å². The van der Waals surface area contributed by atoms with E-state index in [-0.39, 0.29) is 22.1 Å². The largest absolute Gasteiger partial charge is 0.496 e. The van der Waals surface area contributed by atoms with Gasteiger partial charge in [-0.05, 0) is 31.8 Å². The summed E-state index contributed by atoms with van der Waals surface area (Å²) in [5, 5.41) is 2.05. The van der Waals surface area contributed by atoms with Gasteiger partial charge < -0.3 is 15.8 Å². The maximum Gasteiger partial charge on any atom is 0.255 e. The van der Waals surface area contributed by atoms with Crippen molar-refractivity contribution in [2.75, 3.05) is 38.1 Å². The van der Waals surface area contributed by atoms with Crippen molar-refractivity contribution in [3.63, 3.8) is 0 Å².